The van der Waals surface area contributed by atoms with Crippen molar-refractivity contribution in [3.05, 3.63) is 35.9 Å². The van der Waals surface area contributed by atoms with E-state index in [0.29, 0.717) is 13.0 Å². The highest BCUT2D eigenvalue weighted by molar-refractivity contribution is 5.76. The number of nitrogens with one attached hydrogen (secondary N) is 1. The topological polar surface area (TPSA) is 84.9 Å². The van der Waals surface area contributed by atoms with Crippen molar-refractivity contribution in [2.45, 2.75) is 45.9 Å². The summed E-state index contributed by atoms with van der Waals surface area (Å²) in [5.41, 5.74) is 0.892. The number of aliphatic hydroxyl groups excluding tert-OH is 1. The van der Waals surface area contributed by atoms with E-state index in [1.165, 1.54) is 0 Å². The fourth-order valence-electron chi connectivity index (χ4n) is 2.93. The van der Waals surface area contributed by atoms with Crippen molar-refractivity contribution in [2.75, 3.05) is 6.61 Å². The summed E-state index contributed by atoms with van der Waals surface area (Å²) in [6.45, 7) is 6.07. The van der Waals surface area contributed by atoms with E-state index in [-0.39, 0.29) is 30.3 Å². The summed E-state index contributed by atoms with van der Waals surface area (Å²) in [5.74, 6) is -0.734. The van der Waals surface area contributed by atoms with Gasteiger partial charge in [-0.05, 0) is 24.8 Å². The predicted molar refractivity (Wildman–Crippen MR) is 92.6 cm³/mol. The van der Waals surface area contributed by atoms with Gasteiger partial charge in [0.15, 0.2) is 0 Å². The largest absolute Gasteiger partial charge is 0.466 e. The van der Waals surface area contributed by atoms with Gasteiger partial charge in [-0.25, -0.2) is 4.79 Å². The second kappa shape index (κ2) is 8.85. The van der Waals surface area contributed by atoms with Crippen LogP contribution in [0.2, 0.25) is 0 Å². The first-order chi connectivity index (χ1) is 11.9. The van der Waals surface area contributed by atoms with Crippen molar-refractivity contribution < 1.29 is 24.2 Å². The molecule has 2 N–H and O–H groups in total. The first-order valence-electron chi connectivity index (χ1n) is 8.76. The number of carbonyl (C=O) groups excluding carboxylic acids is 2. The lowest BCUT2D eigenvalue weighted by Gasteiger charge is -2.27. The van der Waals surface area contributed by atoms with Crippen molar-refractivity contribution in [3.8, 4) is 0 Å². The van der Waals surface area contributed by atoms with Gasteiger partial charge in [0.25, 0.3) is 0 Å². The Morgan fingerprint density at radius 3 is 2.52 bits per heavy atom. The Balaban J connectivity index is 1.85. The molecule has 0 heterocycles. The van der Waals surface area contributed by atoms with Gasteiger partial charge in [0, 0.05) is 5.92 Å². The number of alkyl carbamates (subject to hydrolysis) is 1. The van der Waals surface area contributed by atoms with E-state index < -0.39 is 18.2 Å². The van der Waals surface area contributed by atoms with Crippen LogP contribution in [0.4, 0.5) is 4.79 Å². The smallest absolute Gasteiger partial charge is 0.407 e. The fourth-order valence-corrected chi connectivity index (χ4v) is 2.93. The molecule has 4 atom stereocenters. The highest BCUT2D eigenvalue weighted by Gasteiger charge is 2.51. The Kier molecular flexibility index (Phi) is 6.82. The maximum atomic E-state index is 12.1. The molecule has 1 amide bonds. The van der Waals surface area contributed by atoms with Gasteiger partial charge >= 0.3 is 12.1 Å². The number of ether oxygens (including phenoxy) is 2. The normalized spacial score (nSPS) is 21.3. The molecular weight excluding hydrogens is 322 g/mol. The monoisotopic (exact) mass is 349 g/mol. The highest BCUT2D eigenvalue weighted by Crippen LogP contribution is 2.43. The molecule has 0 saturated heterocycles. The molecule has 0 aromatic heterocycles. The van der Waals surface area contributed by atoms with Gasteiger partial charge in [-0.3, -0.25) is 4.79 Å². The van der Waals surface area contributed by atoms with Crippen LogP contribution in [0.5, 0.6) is 0 Å². The standard InChI is InChI=1S/C19H27NO5/c1-4-24-18(22)15-10-14(15)17(21)16(12(2)3)20-19(23)25-11-13-8-6-5-7-9-13/h5-9,12,14-17,21H,4,10-11H2,1-3H3,(H,20,23)/t14-,15-,16-,17?/m0/s1. The van der Waals surface area contributed by atoms with Crippen molar-refractivity contribution in [1.29, 1.82) is 0 Å². The first-order valence-corrected chi connectivity index (χ1v) is 8.76. The highest BCUT2D eigenvalue weighted by atomic mass is 16.5. The molecule has 2 rings (SSSR count). The van der Waals surface area contributed by atoms with Crippen LogP contribution in [0, 0.1) is 17.8 Å². The van der Waals surface area contributed by atoms with E-state index in [2.05, 4.69) is 5.32 Å². The van der Waals surface area contributed by atoms with Crippen molar-refractivity contribution in [1.82, 2.24) is 5.32 Å². The number of aliphatic hydroxyl groups is 1. The third-order valence-electron chi connectivity index (χ3n) is 4.45. The van der Waals surface area contributed by atoms with Crippen molar-refractivity contribution >= 4 is 12.1 Å². The van der Waals surface area contributed by atoms with Gasteiger partial charge in [-0.15, -0.1) is 0 Å². The predicted octanol–water partition coefficient (Wildman–Crippen LogP) is 2.50. The maximum Gasteiger partial charge on any atom is 0.407 e. The Morgan fingerprint density at radius 2 is 1.92 bits per heavy atom. The molecule has 1 aromatic rings. The van der Waals surface area contributed by atoms with E-state index in [1.807, 2.05) is 44.2 Å². The van der Waals surface area contributed by atoms with Crippen LogP contribution >= 0.6 is 0 Å². The zero-order valence-corrected chi connectivity index (χ0v) is 15.0. The molecule has 0 spiro atoms. The average Bonchev–Trinajstić information content (AvgIpc) is 3.39. The lowest BCUT2D eigenvalue weighted by molar-refractivity contribution is -0.145. The summed E-state index contributed by atoms with van der Waals surface area (Å²) in [4.78, 5) is 23.8. The molecule has 1 unspecified atom stereocenters. The van der Waals surface area contributed by atoms with E-state index >= 15 is 0 Å². The molecule has 0 radical (unpaired) electrons. The van der Waals surface area contributed by atoms with E-state index in [0.717, 1.165) is 5.56 Å². The average molecular weight is 349 g/mol. The molecule has 1 fully saturated rings. The third-order valence-corrected chi connectivity index (χ3v) is 4.45. The van der Waals surface area contributed by atoms with E-state index in [9.17, 15) is 14.7 Å². The zero-order chi connectivity index (χ0) is 18.4. The number of amides is 1. The third kappa shape index (κ3) is 5.46. The van der Waals surface area contributed by atoms with Crippen LogP contribution in [0.1, 0.15) is 32.8 Å². The quantitative estimate of drug-likeness (QED) is 0.705. The molecule has 1 aliphatic carbocycles. The zero-order valence-electron chi connectivity index (χ0n) is 15.0. The van der Waals surface area contributed by atoms with Gasteiger partial charge < -0.3 is 19.9 Å². The number of rotatable bonds is 8. The molecule has 0 bridgehead atoms. The van der Waals surface area contributed by atoms with Gasteiger partial charge in [-0.1, -0.05) is 44.2 Å². The number of hydrogen-bond donors (Lipinski definition) is 2. The number of benzene rings is 1. The number of esters is 1. The van der Waals surface area contributed by atoms with E-state index in [4.69, 9.17) is 9.47 Å². The minimum absolute atomic E-state index is 0.00252. The summed E-state index contributed by atoms with van der Waals surface area (Å²) >= 11 is 0. The van der Waals surface area contributed by atoms with Gasteiger partial charge in [0.1, 0.15) is 6.61 Å². The molecule has 6 nitrogen and oxygen atoms in total. The van der Waals surface area contributed by atoms with Crippen LogP contribution in [-0.4, -0.2) is 35.9 Å². The summed E-state index contributed by atoms with van der Waals surface area (Å²) in [6, 6.07) is 8.91. The van der Waals surface area contributed by atoms with Crippen molar-refractivity contribution in [2.24, 2.45) is 17.8 Å². The van der Waals surface area contributed by atoms with Crippen LogP contribution in [0.15, 0.2) is 30.3 Å². The summed E-state index contributed by atoms with van der Waals surface area (Å²) < 4.78 is 10.2. The minimum Gasteiger partial charge on any atom is -0.466 e. The van der Waals surface area contributed by atoms with Crippen LogP contribution in [0.3, 0.4) is 0 Å². The Labute approximate surface area is 148 Å². The minimum atomic E-state index is -0.807. The van der Waals surface area contributed by atoms with Crippen LogP contribution in [0.25, 0.3) is 0 Å². The van der Waals surface area contributed by atoms with E-state index in [1.54, 1.807) is 6.92 Å². The number of carbonyl (C=O) groups is 2. The Bertz CT molecular complexity index is 574. The molecule has 6 heteroatoms. The SMILES string of the molecule is CCOC(=O)[C@H]1C[C@@H]1C(O)[C@@H](NC(=O)OCc1ccccc1)C(C)C. The van der Waals surface area contributed by atoms with Gasteiger partial charge in [-0.2, -0.15) is 0 Å². The maximum absolute atomic E-state index is 12.1. The van der Waals surface area contributed by atoms with Gasteiger partial charge in [0.05, 0.1) is 24.7 Å². The molecule has 0 aliphatic heterocycles. The lowest BCUT2D eigenvalue weighted by Crippen LogP contribution is -2.48. The molecule has 1 saturated carbocycles. The summed E-state index contributed by atoms with van der Waals surface area (Å²) in [5, 5.41) is 13.3. The molecule has 138 valence electrons. The Hall–Kier alpha value is -2.08. The van der Waals surface area contributed by atoms with Crippen LogP contribution in [-0.2, 0) is 20.9 Å². The molecule has 1 aromatic carbocycles. The number of hydrogen-bond acceptors (Lipinski definition) is 5. The second-order valence-corrected chi connectivity index (χ2v) is 6.72. The first kappa shape index (κ1) is 19.2. The fraction of sp³-hybridized carbons (Fsp3) is 0.579. The van der Waals surface area contributed by atoms with Gasteiger partial charge in [0.2, 0.25) is 0 Å². The summed E-state index contributed by atoms with van der Waals surface area (Å²) in [7, 11) is 0. The second-order valence-electron chi connectivity index (χ2n) is 6.72. The van der Waals surface area contributed by atoms with Crippen molar-refractivity contribution in [3.63, 3.8) is 0 Å². The molecular formula is C19H27NO5. The van der Waals surface area contributed by atoms with Crippen LogP contribution < -0.4 is 5.32 Å². The summed E-state index contributed by atoms with van der Waals surface area (Å²) in [6.07, 6.45) is -0.794. The molecule has 25 heavy (non-hydrogen) atoms. The lowest BCUT2D eigenvalue weighted by atomic mass is 9.95. The Morgan fingerprint density at radius 1 is 1.24 bits per heavy atom. The molecule has 1 aliphatic rings.